The Bertz CT molecular complexity index is 681. The zero-order valence-electron chi connectivity index (χ0n) is 14.0. The lowest BCUT2D eigenvalue weighted by Gasteiger charge is -2.23. The summed E-state index contributed by atoms with van der Waals surface area (Å²) in [6.45, 7) is 1.39. The first-order chi connectivity index (χ1) is 11.0. The molecule has 0 aliphatic heterocycles. The van der Waals surface area contributed by atoms with E-state index in [0.29, 0.717) is 11.6 Å². The van der Waals surface area contributed by atoms with E-state index in [1.54, 1.807) is 14.2 Å². The number of halogens is 1. The second kappa shape index (κ2) is 7.92. The number of aromatic nitrogens is 1. The summed E-state index contributed by atoms with van der Waals surface area (Å²) in [5, 5.41) is 4.02. The predicted molar refractivity (Wildman–Crippen MR) is 95.1 cm³/mol. The predicted octanol–water partition coefficient (Wildman–Crippen LogP) is 2.89. The zero-order valence-corrected chi connectivity index (χ0v) is 14.8. The molecule has 1 N–H and O–H groups in total. The molecule has 0 amide bonds. The smallest absolute Gasteiger partial charge is 0.194 e. The normalized spacial score (nSPS) is 11.4. The van der Waals surface area contributed by atoms with E-state index >= 15 is 0 Å². The van der Waals surface area contributed by atoms with Crippen LogP contribution in [0, 0.1) is 0 Å². The minimum absolute atomic E-state index is 0.616. The first-order valence-electron chi connectivity index (χ1n) is 7.39. The maximum Gasteiger partial charge on any atom is 0.194 e. The van der Waals surface area contributed by atoms with Crippen molar-refractivity contribution in [1.29, 1.82) is 0 Å². The molecule has 2 aromatic rings. The van der Waals surface area contributed by atoms with Crippen LogP contribution in [0.5, 0.6) is 5.75 Å². The number of hydrogen-bond acceptors (Lipinski definition) is 2. The first kappa shape index (κ1) is 17.2. The fourth-order valence-electron chi connectivity index (χ4n) is 2.40. The van der Waals surface area contributed by atoms with Gasteiger partial charge in [-0.25, -0.2) is 0 Å². The lowest BCUT2D eigenvalue weighted by molar-refractivity contribution is 0.408. The molecule has 0 bridgehead atoms. The third kappa shape index (κ3) is 4.42. The molecule has 0 aliphatic carbocycles. The second-order valence-corrected chi connectivity index (χ2v) is 5.76. The Kier molecular flexibility index (Phi) is 5.93. The van der Waals surface area contributed by atoms with Crippen LogP contribution in [0.1, 0.15) is 11.3 Å². The number of nitrogens with one attached hydrogen (secondary N) is 1. The molecule has 1 aromatic carbocycles. The number of ether oxygens (including phenoxy) is 1. The highest BCUT2D eigenvalue weighted by Crippen LogP contribution is 2.22. The number of aliphatic imine (C=N–C) groups is 1. The zero-order chi connectivity index (χ0) is 16.8. The lowest BCUT2D eigenvalue weighted by Crippen LogP contribution is -2.38. The summed E-state index contributed by atoms with van der Waals surface area (Å²) in [6.07, 6.45) is 2.04. The van der Waals surface area contributed by atoms with Crippen LogP contribution in [0.3, 0.4) is 0 Å². The van der Waals surface area contributed by atoms with Gasteiger partial charge in [0.15, 0.2) is 5.96 Å². The van der Waals surface area contributed by atoms with Gasteiger partial charge in [0.2, 0.25) is 0 Å². The molecular weight excluding hydrogens is 312 g/mol. The molecule has 0 saturated heterocycles. The minimum Gasteiger partial charge on any atom is -0.496 e. The van der Waals surface area contributed by atoms with Crippen LogP contribution in [-0.2, 0) is 20.1 Å². The number of nitrogens with zero attached hydrogens (tertiary/aromatic N) is 3. The minimum atomic E-state index is 0.616. The van der Waals surface area contributed by atoms with E-state index in [-0.39, 0.29) is 0 Å². The number of rotatable bonds is 5. The maximum atomic E-state index is 6.00. The van der Waals surface area contributed by atoms with Gasteiger partial charge in [0.25, 0.3) is 0 Å². The molecule has 5 nitrogen and oxygen atoms in total. The molecule has 124 valence electrons. The average molecular weight is 335 g/mol. The number of guanidine groups is 1. The molecule has 0 atom stereocenters. The summed E-state index contributed by atoms with van der Waals surface area (Å²) in [5.74, 6) is 1.59. The molecule has 23 heavy (non-hydrogen) atoms. The Hall–Kier alpha value is -2.14. The van der Waals surface area contributed by atoms with Crippen LogP contribution in [0.4, 0.5) is 0 Å². The Morgan fingerprint density at radius 3 is 2.78 bits per heavy atom. The van der Waals surface area contributed by atoms with Gasteiger partial charge in [-0.05, 0) is 24.3 Å². The SMILES string of the molecule is CN=C(NCc1ccc(Cl)cc1OC)N(C)Cc1cccn1C. The van der Waals surface area contributed by atoms with Gasteiger partial charge >= 0.3 is 0 Å². The van der Waals surface area contributed by atoms with Gasteiger partial charge in [0.1, 0.15) is 5.75 Å². The highest BCUT2D eigenvalue weighted by atomic mass is 35.5. The van der Waals surface area contributed by atoms with Crippen molar-refractivity contribution < 1.29 is 4.74 Å². The van der Waals surface area contributed by atoms with Crippen molar-refractivity contribution in [3.05, 3.63) is 52.8 Å². The highest BCUT2D eigenvalue weighted by molar-refractivity contribution is 6.30. The van der Waals surface area contributed by atoms with Crippen molar-refractivity contribution in [3.63, 3.8) is 0 Å². The van der Waals surface area contributed by atoms with E-state index in [4.69, 9.17) is 16.3 Å². The van der Waals surface area contributed by atoms with Gasteiger partial charge < -0.3 is 19.5 Å². The molecule has 0 fully saturated rings. The molecular formula is C17H23ClN4O. The highest BCUT2D eigenvalue weighted by Gasteiger charge is 2.10. The lowest BCUT2D eigenvalue weighted by atomic mass is 10.2. The van der Waals surface area contributed by atoms with Crippen LogP contribution in [-0.4, -0.2) is 36.6 Å². The van der Waals surface area contributed by atoms with Crippen LogP contribution < -0.4 is 10.1 Å². The van der Waals surface area contributed by atoms with E-state index < -0.39 is 0 Å². The summed E-state index contributed by atoms with van der Waals surface area (Å²) in [7, 11) is 7.48. The van der Waals surface area contributed by atoms with Gasteiger partial charge in [-0.1, -0.05) is 17.7 Å². The van der Waals surface area contributed by atoms with Gasteiger partial charge in [0, 0.05) is 50.2 Å². The van der Waals surface area contributed by atoms with Gasteiger partial charge in [-0.3, -0.25) is 4.99 Å². The van der Waals surface area contributed by atoms with Gasteiger partial charge in [0.05, 0.1) is 13.7 Å². The number of hydrogen-bond donors (Lipinski definition) is 1. The largest absolute Gasteiger partial charge is 0.496 e. The Morgan fingerprint density at radius 1 is 1.39 bits per heavy atom. The molecule has 1 aromatic heterocycles. The van der Waals surface area contributed by atoms with Crippen molar-refractivity contribution in [2.75, 3.05) is 21.2 Å². The van der Waals surface area contributed by atoms with E-state index in [9.17, 15) is 0 Å². The Morgan fingerprint density at radius 2 is 2.17 bits per heavy atom. The molecule has 0 saturated carbocycles. The summed E-state index contributed by atoms with van der Waals surface area (Å²) >= 11 is 6.00. The topological polar surface area (TPSA) is 41.8 Å². The molecule has 6 heteroatoms. The molecule has 0 aliphatic rings. The summed E-state index contributed by atoms with van der Waals surface area (Å²) in [6, 6.07) is 9.77. The van der Waals surface area contributed by atoms with Crippen LogP contribution in [0.2, 0.25) is 5.02 Å². The standard InChI is InChI=1S/C17H23ClN4O/c1-19-17(22(3)12-15-6-5-9-21(15)2)20-11-13-7-8-14(18)10-16(13)23-4/h5-10H,11-12H2,1-4H3,(H,19,20). The monoisotopic (exact) mass is 334 g/mol. The maximum absolute atomic E-state index is 6.00. The third-order valence-electron chi connectivity index (χ3n) is 3.71. The van der Waals surface area contributed by atoms with Gasteiger partial charge in [-0.2, -0.15) is 0 Å². The fourth-order valence-corrected chi connectivity index (χ4v) is 2.56. The van der Waals surface area contributed by atoms with E-state index in [1.807, 2.05) is 44.6 Å². The Labute approximate surface area is 142 Å². The average Bonchev–Trinajstić information content (AvgIpc) is 2.94. The quantitative estimate of drug-likeness (QED) is 0.675. The molecule has 2 rings (SSSR count). The number of aryl methyl sites for hydroxylation is 1. The first-order valence-corrected chi connectivity index (χ1v) is 7.77. The Balaban J connectivity index is 2.01. The third-order valence-corrected chi connectivity index (χ3v) is 3.95. The fraction of sp³-hybridized carbons (Fsp3) is 0.353. The molecule has 0 radical (unpaired) electrons. The number of benzene rings is 1. The van der Waals surface area contributed by atoms with E-state index in [2.05, 4.69) is 25.8 Å². The van der Waals surface area contributed by atoms with Crippen molar-refractivity contribution in [2.45, 2.75) is 13.1 Å². The van der Waals surface area contributed by atoms with E-state index in [0.717, 1.165) is 23.8 Å². The van der Waals surface area contributed by atoms with Gasteiger partial charge in [-0.15, -0.1) is 0 Å². The van der Waals surface area contributed by atoms with Crippen molar-refractivity contribution in [1.82, 2.24) is 14.8 Å². The van der Waals surface area contributed by atoms with Crippen molar-refractivity contribution in [2.24, 2.45) is 12.0 Å². The van der Waals surface area contributed by atoms with E-state index in [1.165, 1.54) is 5.69 Å². The molecule has 1 heterocycles. The van der Waals surface area contributed by atoms with Crippen molar-refractivity contribution >= 4 is 17.6 Å². The molecule has 0 unspecified atom stereocenters. The summed E-state index contributed by atoms with van der Waals surface area (Å²) < 4.78 is 7.48. The van der Waals surface area contributed by atoms with Crippen LogP contribution in [0.25, 0.3) is 0 Å². The van der Waals surface area contributed by atoms with Crippen molar-refractivity contribution in [3.8, 4) is 5.75 Å². The summed E-state index contributed by atoms with van der Waals surface area (Å²) in [4.78, 5) is 6.42. The number of methoxy groups -OCH3 is 1. The van der Waals surface area contributed by atoms with Crippen LogP contribution in [0.15, 0.2) is 41.5 Å². The molecule has 0 spiro atoms. The van der Waals surface area contributed by atoms with Crippen LogP contribution >= 0.6 is 11.6 Å². The summed E-state index contributed by atoms with van der Waals surface area (Å²) in [5.41, 5.74) is 2.25. The second-order valence-electron chi connectivity index (χ2n) is 5.32.